The molecule has 1 saturated carbocycles. The summed E-state index contributed by atoms with van der Waals surface area (Å²) in [5.74, 6) is 1.54. The van der Waals surface area contributed by atoms with Gasteiger partial charge in [0.2, 0.25) is 0 Å². The van der Waals surface area contributed by atoms with Gasteiger partial charge >= 0.3 is 0 Å². The predicted octanol–water partition coefficient (Wildman–Crippen LogP) is 4.38. The van der Waals surface area contributed by atoms with Crippen molar-refractivity contribution in [2.45, 2.75) is 37.7 Å². The highest BCUT2D eigenvalue weighted by Gasteiger charge is 2.28. The van der Waals surface area contributed by atoms with Crippen LogP contribution < -0.4 is 4.74 Å². The highest BCUT2D eigenvalue weighted by molar-refractivity contribution is 5.83. The van der Waals surface area contributed by atoms with Crippen molar-refractivity contribution in [2.75, 3.05) is 0 Å². The van der Waals surface area contributed by atoms with Crippen LogP contribution in [0.15, 0.2) is 36.4 Å². The minimum absolute atomic E-state index is 0.0708. The second-order valence-corrected chi connectivity index (χ2v) is 6.76. The fraction of sp³-hybridized carbons (Fsp3) is 0.300. The average Bonchev–Trinajstić information content (AvgIpc) is 3.25. The second-order valence-electron chi connectivity index (χ2n) is 6.76. The molecule has 3 aromatic rings. The number of nitrogens with zero attached hydrogens (tertiary/aromatic N) is 2. The Morgan fingerprint density at radius 3 is 2.88 bits per heavy atom. The minimum atomic E-state index is 0.0708. The first-order chi connectivity index (χ1) is 11.8. The van der Waals surface area contributed by atoms with Crippen molar-refractivity contribution in [3.63, 3.8) is 0 Å². The summed E-state index contributed by atoms with van der Waals surface area (Å²) in [4.78, 5) is 0. The zero-order valence-electron chi connectivity index (χ0n) is 13.2. The lowest BCUT2D eigenvalue weighted by molar-refractivity contribution is 0.208. The Morgan fingerprint density at radius 2 is 2.04 bits per heavy atom. The smallest absolute Gasteiger partial charge is 0.124 e. The molecule has 24 heavy (non-hydrogen) atoms. The van der Waals surface area contributed by atoms with Crippen LogP contribution in [-0.2, 0) is 6.42 Å². The van der Waals surface area contributed by atoms with Crippen LogP contribution in [0.1, 0.15) is 53.7 Å². The molecule has 4 heteroatoms. The Bertz CT molecular complexity index is 978. The number of ether oxygens (including phenoxy) is 1. The van der Waals surface area contributed by atoms with Crippen LogP contribution in [0.2, 0.25) is 0 Å². The normalized spacial score (nSPS) is 19.2. The fourth-order valence-electron chi connectivity index (χ4n) is 3.70. The van der Waals surface area contributed by atoms with E-state index in [1.165, 1.54) is 35.0 Å². The van der Waals surface area contributed by atoms with E-state index in [1.807, 2.05) is 30.3 Å². The molecule has 5 rings (SSSR count). The molecule has 118 valence electrons. The Labute approximate surface area is 140 Å². The van der Waals surface area contributed by atoms with Crippen molar-refractivity contribution >= 4 is 10.9 Å². The molecular formula is C20H17N3O. The molecule has 1 unspecified atom stereocenters. The van der Waals surface area contributed by atoms with E-state index in [1.54, 1.807) is 0 Å². The van der Waals surface area contributed by atoms with Crippen LogP contribution in [0.5, 0.6) is 5.75 Å². The van der Waals surface area contributed by atoms with E-state index in [0.717, 1.165) is 29.7 Å². The van der Waals surface area contributed by atoms with Crippen molar-refractivity contribution in [3.8, 4) is 11.8 Å². The number of aromatic amines is 1. The highest BCUT2D eigenvalue weighted by atomic mass is 16.5. The summed E-state index contributed by atoms with van der Waals surface area (Å²) < 4.78 is 6.28. The molecule has 1 fully saturated rings. The quantitative estimate of drug-likeness (QED) is 0.780. The van der Waals surface area contributed by atoms with Crippen LogP contribution in [-0.4, -0.2) is 10.2 Å². The maximum absolute atomic E-state index is 9.04. The maximum Gasteiger partial charge on any atom is 0.124 e. The van der Waals surface area contributed by atoms with Gasteiger partial charge in [-0.25, -0.2) is 0 Å². The Balaban J connectivity index is 1.46. The molecule has 0 spiro atoms. The van der Waals surface area contributed by atoms with Gasteiger partial charge in [0.25, 0.3) is 0 Å². The maximum atomic E-state index is 9.04. The molecule has 0 radical (unpaired) electrons. The SMILES string of the molecule is N#Cc1ccc2c(c1)CCC2Oc1ccc2n[nH]c(C3CC3)c2c1. The second kappa shape index (κ2) is 5.10. The van der Waals surface area contributed by atoms with Crippen LogP contribution in [0.25, 0.3) is 10.9 Å². The van der Waals surface area contributed by atoms with Gasteiger partial charge in [-0.1, -0.05) is 6.07 Å². The van der Waals surface area contributed by atoms with Gasteiger partial charge in [-0.3, -0.25) is 5.10 Å². The first kappa shape index (κ1) is 13.6. The number of aromatic nitrogens is 2. The topological polar surface area (TPSA) is 61.7 Å². The summed E-state index contributed by atoms with van der Waals surface area (Å²) in [6.45, 7) is 0. The molecule has 0 aliphatic heterocycles. The van der Waals surface area contributed by atoms with Gasteiger partial charge < -0.3 is 4.74 Å². The summed E-state index contributed by atoms with van der Waals surface area (Å²) in [5.41, 5.74) is 5.43. The van der Waals surface area contributed by atoms with Gasteiger partial charge in [0.1, 0.15) is 11.9 Å². The summed E-state index contributed by atoms with van der Waals surface area (Å²) in [6, 6.07) is 14.3. The van der Waals surface area contributed by atoms with Gasteiger partial charge in [0, 0.05) is 17.0 Å². The first-order valence-electron chi connectivity index (χ1n) is 8.49. The lowest BCUT2D eigenvalue weighted by Crippen LogP contribution is -2.03. The number of hydrogen-bond acceptors (Lipinski definition) is 3. The minimum Gasteiger partial charge on any atom is -0.486 e. The molecule has 0 bridgehead atoms. The van der Waals surface area contributed by atoms with Crippen LogP contribution in [0.3, 0.4) is 0 Å². The van der Waals surface area contributed by atoms with E-state index in [-0.39, 0.29) is 6.10 Å². The third kappa shape index (κ3) is 2.16. The monoisotopic (exact) mass is 315 g/mol. The van der Waals surface area contributed by atoms with Crippen molar-refractivity contribution in [2.24, 2.45) is 0 Å². The predicted molar refractivity (Wildman–Crippen MR) is 90.9 cm³/mol. The van der Waals surface area contributed by atoms with Crippen molar-refractivity contribution in [1.29, 1.82) is 5.26 Å². The molecule has 0 saturated heterocycles. The summed E-state index contributed by atoms with van der Waals surface area (Å²) in [7, 11) is 0. The third-order valence-electron chi connectivity index (χ3n) is 5.11. The molecule has 1 heterocycles. The van der Waals surface area contributed by atoms with Gasteiger partial charge in [-0.2, -0.15) is 10.4 Å². The number of aryl methyl sites for hydroxylation is 1. The average molecular weight is 315 g/mol. The van der Waals surface area contributed by atoms with E-state index in [9.17, 15) is 0 Å². The van der Waals surface area contributed by atoms with E-state index in [2.05, 4.69) is 22.3 Å². The molecule has 1 N–H and O–H groups in total. The van der Waals surface area contributed by atoms with Crippen molar-refractivity contribution in [1.82, 2.24) is 10.2 Å². The highest BCUT2D eigenvalue weighted by Crippen LogP contribution is 2.43. The molecule has 1 atom stereocenters. The van der Waals surface area contributed by atoms with Crippen LogP contribution >= 0.6 is 0 Å². The molecule has 0 amide bonds. The number of hydrogen-bond donors (Lipinski definition) is 1. The molecule has 4 nitrogen and oxygen atoms in total. The summed E-state index contributed by atoms with van der Waals surface area (Å²) in [6.07, 6.45) is 4.50. The van der Waals surface area contributed by atoms with E-state index in [4.69, 9.17) is 10.00 Å². The van der Waals surface area contributed by atoms with E-state index in [0.29, 0.717) is 5.92 Å². The van der Waals surface area contributed by atoms with Crippen molar-refractivity contribution < 1.29 is 4.74 Å². The van der Waals surface area contributed by atoms with Gasteiger partial charge in [0.05, 0.1) is 17.1 Å². The largest absolute Gasteiger partial charge is 0.486 e. The number of nitrogens with one attached hydrogen (secondary N) is 1. The van der Waals surface area contributed by atoms with Crippen LogP contribution in [0, 0.1) is 11.3 Å². The van der Waals surface area contributed by atoms with Gasteiger partial charge in [0.15, 0.2) is 0 Å². The summed E-state index contributed by atoms with van der Waals surface area (Å²) in [5, 5.41) is 17.8. The molecule has 1 aromatic heterocycles. The number of fused-ring (bicyclic) bond motifs is 2. The third-order valence-corrected chi connectivity index (χ3v) is 5.11. The van der Waals surface area contributed by atoms with Gasteiger partial charge in [-0.05, 0) is 67.1 Å². The number of benzene rings is 2. The van der Waals surface area contributed by atoms with Crippen molar-refractivity contribution in [3.05, 3.63) is 58.8 Å². The Kier molecular flexibility index (Phi) is 2.90. The zero-order valence-corrected chi connectivity index (χ0v) is 13.2. The van der Waals surface area contributed by atoms with Crippen LogP contribution in [0.4, 0.5) is 0 Å². The molecule has 2 aromatic carbocycles. The van der Waals surface area contributed by atoms with E-state index < -0.39 is 0 Å². The number of rotatable bonds is 3. The number of H-pyrrole nitrogens is 1. The fourth-order valence-corrected chi connectivity index (χ4v) is 3.70. The zero-order chi connectivity index (χ0) is 16.1. The molecular weight excluding hydrogens is 298 g/mol. The standard InChI is InChI=1S/C20H17N3O/c21-11-12-1-6-16-14(9-12)4-8-19(16)24-15-5-7-18-17(10-15)20(23-22-18)13-2-3-13/h1,5-7,9-10,13,19H,2-4,8H2,(H,22,23). The molecule has 2 aliphatic rings. The Hall–Kier alpha value is -2.80. The number of nitriles is 1. The van der Waals surface area contributed by atoms with E-state index >= 15 is 0 Å². The lowest BCUT2D eigenvalue weighted by atomic mass is 10.1. The first-order valence-corrected chi connectivity index (χ1v) is 8.49. The summed E-state index contributed by atoms with van der Waals surface area (Å²) >= 11 is 0. The Morgan fingerprint density at radius 1 is 1.12 bits per heavy atom. The lowest BCUT2D eigenvalue weighted by Gasteiger charge is -2.15. The van der Waals surface area contributed by atoms with Gasteiger partial charge in [-0.15, -0.1) is 0 Å². The molecule has 2 aliphatic carbocycles.